The van der Waals surface area contributed by atoms with E-state index >= 15 is 0 Å². The van der Waals surface area contributed by atoms with Crippen LogP contribution in [-0.4, -0.2) is 16.1 Å². The summed E-state index contributed by atoms with van der Waals surface area (Å²) < 4.78 is 0. The minimum Gasteiger partial charge on any atom is -0.305 e. The molecule has 2 N–H and O–H groups in total. The number of hydrogen-bond donors (Lipinski definition) is 2. The molecule has 0 aliphatic carbocycles. The molecule has 4 nitrogen and oxygen atoms in total. The molecule has 82 valence electrons. The molecule has 1 aromatic carbocycles. The van der Waals surface area contributed by atoms with Crippen LogP contribution < -0.4 is 5.32 Å². The van der Waals surface area contributed by atoms with Crippen LogP contribution >= 0.6 is 23.2 Å². The van der Waals surface area contributed by atoms with Crippen LogP contribution in [0.1, 0.15) is 10.4 Å². The lowest BCUT2D eigenvalue weighted by atomic mass is 10.2. The summed E-state index contributed by atoms with van der Waals surface area (Å²) in [7, 11) is 0. The predicted molar refractivity (Wildman–Crippen MR) is 63.0 cm³/mol. The van der Waals surface area contributed by atoms with E-state index in [1.54, 1.807) is 30.5 Å². The highest BCUT2D eigenvalue weighted by Gasteiger charge is 2.14. The third-order valence-corrected chi connectivity index (χ3v) is 2.56. The molecular formula is C10H7Cl2N3O. The van der Waals surface area contributed by atoms with Crippen molar-refractivity contribution in [1.82, 2.24) is 10.2 Å². The van der Waals surface area contributed by atoms with Gasteiger partial charge < -0.3 is 5.32 Å². The number of anilines is 1. The molecule has 0 radical (unpaired) electrons. The van der Waals surface area contributed by atoms with E-state index in [1.165, 1.54) is 0 Å². The standard InChI is InChI=1S/C10H7Cl2N3O/c11-6-2-1-3-7(12)9(6)10(16)14-8-4-5-13-15-8/h1-5H,(H2,13,14,15,16). The van der Waals surface area contributed by atoms with Crippen LogP contribution in [0, 0.1) is 0 Å². The number of aromatic amines is 1. The molecule has 2 rings (SSSR count). The van der Waals surface area contributed by atoms with Gasteiger partial charge in [0, 0.05) is 12.3 Å². The second kappa shape index (κ2) is 4.55. The molecule has 6 heteroatoms. The quantitative estimate of drug-likeness (QED) is 0.867. The second-order valence-corrected chi connectivity index (χ2v) is 3.82. The van der Waals surface area contributed by atoms with E-state index in [0.717, 1.165) is 0 Å². The fraction of sp³-hybridized carbons (Fsp3) is 0. The van der Waals surface area contributed by atoms with Gasteiger partial charge in [-0.2, -0.15) is 5.10 Å². The lowest BCUT2D eigenvalue weighted by Gasteiger charge is -2.05. The molecule has 16 heavy (non-hydrogen) atoms. The average Bonchev–Trinajstić information content (AvgIpc) is 2.70. The largest absolute Gasteiger partial charge is 0.305 e. The Morgan fingerprint density at radius 2 is 1.94 bits per heavy atom. The second-order valence-electron chi connectivity index (χ2n) is 3.01. The third-order valence-electron chi connectivity index (χ3n) is 1.93. The van der Waals surface area contributed by atoms with Gasteiger partial charge in [-0.25, -0.2) is 0 Å². The van der Waals surface area contributed by atoms with Crippen molar-refractivity contribution in [3.63, 3.8) is 0 Å². The van der Waals surface area contributed by atoms with Crippen molar-refractivity contribution in [2.45, 2.75) is 0 Å². The number of nitrogens with one attached hydrogen (secondary N) is 2. The number of hydrogen-bond acceptors (Lipinski definition) is 2. The van der Waals surface area contributed by atoms with Gasteiger partial charge in [0.1, 0.15) is 0 Å². The first kappa shape index (κ1) is 11.0. The van der Waals surface area contributed by atoms with Crippen molar-refractivity contribution in [1.29, 1.82) is 0 Å². The summed E-state index contributed by atoms with van der Waals surface area (Å²) in [6.45, 7) is 0. The Morgan fingerprint density at radius 3 is 2.50 bits per heavy atom. The molecule has 0 aliphatic heterocycles. The Kier molecular flexibility index (Phi) is 3.12. The van der Waals surface area contributed by atoms with E-state index in [-0.39, 0.29) is 11.5 Å². The maximum absolute atomic E-state index is 11.8. The molecule has 2 aromatic rings. The minimum atomic E-state index is -0.386. The highest BCUT2D eigenvalue weighted by atomic mass is 35.5. The fourth-order valence-corrected chi connectivity index (χ4v) is 1.79. The molecule has 1 aromatic heterocycles. The van der Waals surface area contributed by atoms with Gasteiger partial charge in [0.25, 0.3) is 5.91 Å². The maximum atomic E-state index is 11.8. The molecule has 1 amide bonds. The molecule has 0 atom stereocenters. The summed E-state index contributed by atoms with van der Waals surface area (Å²) in [5.41, 5.74) is 0.244. The van der Waals surface area contributed by atoms with Crippen molar-refractivity contribution >= 4 is 34.9 Å². The summed E-state index contributed by atoms with van der Waals surface area (Å²) >= 11 is 11.8. The highest BCUT2D eigenvalue weighted by molar-refractivity contribution is 6.40. The summed E-state index contributed by atoms with van der Waals surface area (Å²) in [6.07, 6.45) is 1.60. The van der Waals surface area contributed by atoms with Gasteiger partial charge in [-0.3, -0.25) is 9.89 Å². The molecule has 0 spiro atoms. The fourth-order valence-electron chi connectivity index (χ4n) is 1.22. The van der Waals surface area contributed by atoms with E-state index in [4.69, 9.17) is 23.2 Å². The van der Waals surface area contributed by atoms with Crippen molar-refractivity contribution in [3.05, 3.63) is 46.1 Å². The number of H-pyrrole nitrogens is 1. The molecule has 0 aliphatic rings. The van der Waals surface area contributed by atoms with Crippen LogP contribution in [-0.2, 0) is 0 Å². The van der Waals surface area contributed by atoms with Crippen molar-refractivity contribution in [2.24, 2.45) is 0 Å². The van der Waals surface area contributed by atoms with Crippen LogP contribution in [0.5, 0.6) is 0 Å². The van der Waals surface area contributed by atoms with E-state index in [2.05, 4.69) is 15.5 Å². The topological polar surface area (TPSA) is 57.8 Å². The third kappa shape index (κ3) is 2.18. The number of carbonyl (C=O) groups excluding carboxylic acids is 1. The Hall–Kier alpha value is -1.52. The van der Waals surface area contributed by atoms with Crippen LogP contribution in [0.3, 0.4) is 0 Å². The van der Waals surface area contributed by atoms with E-state index < -0.39 is 0 Å². The zero-order chi connectivity index (χ0) is 11.5. The Balaban J connectivity index is 2.28. The van der Waals surface area contributed by atoms with Gasteiger partial charge in [-0.05, 0) is 12.1 Å². The van der Waals surface area contributed by atoms with Crippen LogP contribution in [0.25, 0.3) is 0 Å². The number of halogens is 2. The molecule has 1 heterocycles. The number of rotatable bonds is 2. The molecule has 0 fully saturated rings. The number of carbonyl (C=O) groups is 1. The summed E-state index contributed by atoms with van der Waals surface area (Å²) in [5.74, 6) is 0.0312. The Bertz CT molecular complexity index is 491. The van der Waals surface area contributed by atoms with Crippen molar-refractivity contribution in [3.8, 4) is 0 Å². The zero-order valence-electron chi connectivity index (χ0n) is 8.00. The first-order chi connectivity index (χ1) is 7.68. The normalized spacial score (nSPS) is 10.1. The average molecular weight is 256 g/mol. The van der Waals surface area contributed by atoms with Crippen molar-refractivity contribution < 1.29 is 4.79 Å². The number of amides is 1. The lowest BCUT2D eigenvalue weighted by molar-refractivity contribution is 0.102. The summed E-state index contributed by atoms with van der Waals surface area (Å²) in [4.78, 5) is 11.8. The van der Waals surface area contributed by atoms with Crippen molar-refractivity contribution in [2.75, 3.05) is 5.32 Å². The van der Waals surface area contributed by atoms with Gasteiger partial charge in [0.05, 0.1) is 15.6 Å². The van der Waals surface area contributed by atoms with Crippen LogP contribution in [0.15, 0.2) is 30.5 Å². The first-order valence-electron chi connectivity index (χ1n) is 4.43. The van der Waals surface area contributed by atoms with E-state index in [1.807, 2.05) is 0 Å². The molecule has 0 bridgehead atoms. The van der Waals surface area contributed by atoms with Crippen LogP contribution in [0.4, 0.5) is 5.82 Å². The first-order valence-corrected chi connectivity index (χ1v) is 5.19. The molecule has 0 saturated heterocycles. The number of nitrogens with zero attached hydrogens (tertiary/aromatic N) is 1. The monoisotopic (exact) mass is 255 g/mol. The number of aromatic nitrogens is 2. The summed E-state index contributed by atoms with van der Waals surface area (Å²) in [5, 5.41) is 9.56. The Labute approximate surface area is 102 Å². The molecular weight excluding hydrogens is 249 g/mol. The Morgan fingerprint density at radius 1 is 1.25 bits per heavy atom. The lowest BCUT2D eigenvalue weighted by Crippen LogP contribution is -2.13. The molecule has 0 saturated carbocycles. The zero-order valence-corrected chi connectivity index (χ0v) is 9.51. The van der Waals surface area contributed by atoms with Gasteiger partial charge in [-0.1, -0.05) is 29.3 Å². The van der Waals surface area contributed by atoms with Gasteiger partial charge in [-0.15, -0.1) is 0 Å². The van der Waals surface area contributed by atoms with E-state index in [0.29, 0.717) is 15.9 Å². The SMILES string of the molecule is O=C(Nc1cc[nH]n1)c1c(Cl)cccc1Cl. The molecule has 0 unspecified atom stereocenters. The van der Waals surface area contributed by atoms with Gasteiger partial charge >= 0.3 is 0 Å². The maximum Gasteiger partial charge on any atom is 0.259 e. The summed E-state index contributed by atoms with van der Waals surface area (Å²) in [6, 6.07) is 6.51. The van der Waals surface area contributed by atoms with Gasteiger partial charge in [0.2, 0.25) is 0 Å². The predicted octanol–water partition coefficient (Wildman–Crippen LogP) is 2.97. The van der Waals surface area contributed by atoms with E-state index in [9.17, 15) is 4.79 Å². The number of benzene rings is 1. The van der Waals surface area contributed by atoms with Crippen LogP contribution in [0.2, 0.25) is 10.0 Å². The highest BCUT2D eigenvalue weighted by Crippen LogP contribution is 2.24. The smallest absolute Gasteiger partial charge is 0.259 e. The minimum absolute atomic E-state index is 0.244. The van der Waals surface area contributed by atoms with Gasteiger partial charge in [0.15, 0.2) is 5.82 Å².